The first-order valence-electron chi connectivity index (χ1n) is 11.8. The van der Waals surface area contributed by atoms with Crippen LogP contribution in [0.4, 0.5) is 0 Å². The summed E-state index contributed by atoms with van der Waals surface area (Å²) in [7, 11) is 0. The molecule has 0 radical (unpaired) electrons. The summed E-state index contributed by atoms with van der Waals surface area (Å²) >= 11 is 0. The molecule has 1 aliphatic rings. The lowest BCUT2D eigenvalue weighted by molar-refractivity contribution is -0.288. The highest BCUT2D eigenvalue weighted by molar-refractivity contribution is 5.85. The van der Waals surface area contributed by atoms with Gasteiger partial charge in [-0.3, -0.25) is 19.2 Å². The summed E-state index contributed by atoms with van der Waals surface area (Å²) in [6, 6.07) is 3.33. The van der Waals surface area contributed by atoms with Gasteiger partial charge in [-0.2, -0.15) is 0 Å². The first-order chi connectivity index (χ1) is 17.8. The summed E-state index contributed by atoms with van der Waals surface area (Å²) in [5.74, 6) is -2.67. The van der Waals surface area contributed by atoms with Crippen LogP contribution in [0.3, 0.4) is 0 Å². The SMILES string of the molecule is CC(=O)OC[C@H]1O[C@@H](Oc2ccc3c(C)c(C)c(=O)oc3c2C)[C@H](OC(C)=O)[C@@H](OC(C)=O)[C@@H]1OC(C)=O. The van der Waals surface area contributed by atoms with E-state index in [1.165, 1.54) is 6.92 Å². The molecule has 1 aliphatic heterocycles. The molecule has 12 heteroatoms. The van der Waals surface area contributed by atoms with Gasteiger partial charge < -0.3 is 32.8 Å². The van der Waals surface area contributed by atoms with Gasteiger partial charge in [-0.05, 0) is 38.5 Å². The number of carbonyl (C=O) groups excluding carboxylic acids is 4. The first-order valence-corrected chi connectivity index (χ1v) is 11.8. The molecule has 38 heavy (non-hydrogen) atoms. The van der Waals surface area contributed by atoms with E-state index >= 15 is 0 Å². The molecule has 1 fully saturated rings. The summed E-state index contributed by atoms with van der Waals surface area (Å²) in [4.78, 5) is 59.7. The fourth-order valence-electron chi connectivity index (χ4n) is 4.16. The van der Waals surface area contributed by atoms with Gasteiger partial charge in [0, 0.05) is 44.2 Å². The van der Waals surface area contributed by atoms with Crippen LogP contribution < -0.4 is 10.4 Å². The Kier molecular flexibility index (Phi) is 8.77. The molecule has 0 bridgehead atoms. The number of hydrogen-bond acceptors (Lipinski definition) is 12. The fourth-order valence-corrected chi connectivity index (χ4v) is 4.16. The number of hydrogen-bond donors (Lipinski definition) is 0. The molecule has 2 heterocycles. The highest BCUT2D eigenvalue weighted by atomic mass is 16.7. The van der Waals surface area contributed by atoms with Crippen molar-refractivity contribution in [1.29, 1.82) is 0 Å². The third kappa shape index (κ3) is 6.31. The van der Waals surface area contributed by atoms with E-state index in [1.807, 2.05) is 0 Å². The molecule has 206 valence electrons. The number of carbonyl (C=O) groups is 4. The van der Waals surface area contributed by atoms with E-state index in [1.54, 1.807) is 32.9 Å². The molecule has 3 rings (SSSR count). The third-order valence-corrected chi connectivity index (χ3v) is 6.01. The predicted molar refractivity (Wildman–Crippen MR) is 129 cm³/mol. The first kappa shape index (κ1) is 28.6. The third-order valence-electron chi connectivity index (χ3n) is 6.01. The fraction of sp³-hybridized carbons (Fsp3) is 0.500. The average molecular weight is 535 g/mol. The number of esters is 4. The second kappa shape index (κ2) is 11.6. The van der Waals surface area contributed by atoms with Gasteiger partial charge in [0.15, 0.2) is 12.2 Å². The van der Waals surface area contributed by atoms with Crippen LogP contribution in [0, 0.1) is 20.8 Å². The molecule has 1 aromatic heterocycles. The molecule has 0 saturated carbocycles. The maximum atomic E-state index is 12.3. The van der Waals surface area contributed by atoms with E-state index in [9.17, 15) is 24.0 Å². The van der Waals surface area contributed by atoms with Gasteiger partial charge in [0.25, 0.3) is 0 Å². The van der Waals surface area contributed by atoms with Crippen LogP contribution in [0.2, 0.25) is 0 Å². The molecule has 12 nitrogen and oxygen atoms in total. The van der Waals surface area contributed by atoms with Gasteiger partial charge >= 0.3 is 29.5 Å². The van der Waals surface area contributed by atoms with Crippen molar-refractivity contribution in [2.24, 2.45) is 0 Å². The number of aryl methyl sites for hydroxylation is 2. The van der Waals surface area contributed by atoms with Crippen LogP contribution in [0.15, 0.2) is 21.3 Å². The van der Waals surface area contributed by atoms with Gasteiger partial charge in [-0.25, -0.2) is 4.79 Å². The van der Waals surface area contributed by atoms with Gasteiger partial charge in [0.1, 0.15) is 24.0 Å². The van der Waals surface area contributed by atoms with Crippen LogP contribution in [0.25, 0.3) is 11.0 Å². The normalized spacial score (nSPS) is 22.9. The molecule has 0 N–H and O–H groups in total. The molecule has 1 saturated heterocycles. The summed E-state index contributed by atoms with van der Waals surface area (Å²) in [5, 5.41) is 0.702. The lowest BCUT2D eigenvalue weighted by Gasteiger charge is -2.44. The van der Waals surface area contributed by atoms with Crippen molar-refractivity contribution in [1.82, 2.24) is 0 Å². The second-order valence-corrected chi connectivity index (χ2v) is 8.89. The largest absolute Gasteiger partial charge is 0.463 e. The Morgan fingerprint density at radius 3 is 1.92 bits per heavy atom. The van der Waals surface area contributed by atoms with Gasteiger partial charge in [-0.1, -0.05) is 0 Å². The molecule has 0 unspecified atom stereocenters. The molecular weight excluding hydrogens is 504 g/mol. The van der Waals surface area contributed by atoms with Crippen LogP contribution in [-0.4, -0.2) is 61.2 Å². The molecule has 2 aromatic rings. The Hall–Kier alpha value is -3.93. The molecule has 5 atom stereocenters. The van der Waals surface area contributed by atoms with Crippen molar-refractivity contribution in [3.63, 3.8) is 0 Å². The van der Waals surface area contributed by atoms with E-state index in [0.717, 1.165) is 26.3 Å². The van der Waals surface area contributed by atoms with Crippen molar-refractivity contribution in [2.75, 3.05) is 6.61 Å². The lowest BCUT2D eigenvalue weighted by Crippen LogP contribution is -2.63. The van der Waals surface area contributed by atoms with Crippen molar-refractivity contribution < 1.29 is 52.0 Å². The quantitative estimate of drug-likeness (QED) is 0.290. The maximum Gasteiger partial charge on any atom is 0.339 e. The number of rotatable bonds is 7. The minimum Gasteiger partial charge on any atom is -0.463 e. The van der Waals surface area contributed by atoms with E-state index in [0.29, 0.717) is 22.1 Å². The molecule has 0 spiro atoms. The monoisotopic (exact) mass is 534 g/mol. The highest BCUT2D eigenvalue weighted by Gasteiger charge is 2.53. The average Bonchev–Trinajstić information content (AvgIpc) is 2.81. The van der Waals surface area contributed by atoms with Crippen LogP contribution in [0.5, 0.6) is 5.75 Å². The molecular formula is C26H30O12. The van der Waals surface area contributed by atoms with Crippen molar-refractivity contribution in [3.05, 3.63) is 39.2 Å². The Morgan fingerprint density at radius 2 is 1.34 bits per heavy atom. The summed E-state index contributed by atoms with van der Waals surface area (Å²) in [6.07, 6.45) is -6.64. The summed E-state index contributed by atoms with van der Waals surface area (Å²) in [6.45, 7) is 9.32. The van der Waals surface area contributed by atoms with Gasteiger partial charge in [0.2, 0.25) is 12.4 Å². The molecule has 1 aromatic carbocycles. The minimum atomic E-state index is -1.41. The number of benzene rings is 1. The smallest absolute Gasteiger partial charge is 0.339 e. The molecule has 0 aliphatic carbocycles. The topological polar surface area (TPSA) is 154 Å². The second-order valence-electron chi connectivity index (χ2n) is 8.89. The zero-order valence-electron chi connectivity index (χ0n) is 22.1. The van der Waals surface area contributed by atoms with Crippen LogP contribution >= 0.6 is 0 Å². The zero-order valence-corrected chi connectivity index (χ0v) is 22.1. The Morgan fingerprint density at radius 1 is 0.763 bits per heavy atom. The minimum absolute atomic E-state index is 0.213. The van der Waals surface area contributed by atoms with Crippen LogP contribution in [0.1, 0.15) is 44.4 Å². The molecule has 0 amide bonds. The summed E-state index contributed by atoms with van der Waals surface area (Å²) in [5.41, 5.74) is 1.47. The zero-order chi connectivity index (χ0) is 28.3. The van der Waals surface area contributed by atoms with Gasteiger partial charge in [-0.15, -0.1) is 0 Å². The number of fused-ring (bicyclic) bond motifs is 1. The van der Waals surface area contributed by atoms with Crippen molar-refractivity contribution in [3.8, 4) is 5.75 Å². The highest BCUT2D eigenvalue weighted by Crippen LogP contribution is 2.34. The standard InChI is InChI=1S/C26H30O12/c1-11-12(2)25(31)38-21-13(3)19(9-8-18(11)21)36-26-24(35-17(7)30)23(34-16(6)29)22(33-15(5)28)20(37-26)10-32-14(4)27/h8-9,20,22-24,26H,10H2,1-7H3/t20-,22-,23+,24-,26-/m1/s1. The maximum absolute atomic E-state index is 12.3. The van der Waals surface area contributed by atoms with Crippen LogP contribution in [-0.2, 0) is 42.9 Å². The van der Waals surface area contributed by atoms with E-state index in [4.69, 9.17) is 32.8 Å². The Balaban J connectivity index is 2.09. The summed E-state index contributed by atoms with van der Waals surface area (Å²) < 4.78 is 38.8. The Bertz CT molecular complexity index is 1310. The van der Waals surface area contributed by atoms with Crippen molar-refractivity contribution in [2.45, 2.75) is 79.2 Å². The predicted octanol–water partition coefficient (Wildman–Crippen LogP) is 2.18. The number of ether oxygens (including phenoxy) is 6. The van der Waals surface area contributed by atoms with E-state index < -0.39 is 60.2 Å². The lowest BCUT2D eigenvalue weighted by atomic mass is 9.98. The van der Waals surface area contributed by atoms with Gasteiger partial charge in [0.05, 0.1) is 0 Å². The Labute approximate surface area is 218 Å². The van der Waals surface area contributed by atoms with Crippen molar-refractivity contribution >= 4 is 34.8 Å². The van der Waals surface area contributed by atoms with E-state index in [2.05, 4.69) is 0 Å². The van der Waals surface area contributed by atoms with E-state index in [-0.39, 0.29) is 12.4 Å².